The maximum absolute atomic E-state index is 9.42. The van der Waals surface area contributed by atoms with Crippen molar-refractivity contribution in [3.8, 4) is 6.07 Å². The Morgan fingerprint density at radius 1 is 1.40 bits per heavy atom. The Bertz CT molecular complexity index is 268. The number of nitrogens with zero attached hydrogens (tertiary/aromatic N) is 1. The third-order valence-electron chi connectivity index (χ3n) is 4.56. The molecule has 0 bridgehead atoms. The number of nitriles is 1. The lowest BCUT2D eigenvalue weighted by molar-refractivity contribution is 0.105. The Balaban J connectivity index is 2.21. The van der Waals surface area contributed by atoms with Crippen molar-refractivity contribution in [2.75, 3.05) is 13.1 Å². The minimum Gasteiger partial charge on any atom is -0.316 e. The predicted molar refractivity (Wildman–Crippen MR) is 61.2 cm³/mol. The van der Waals surface area contributed by atoms with E-state index in [1.54, 1.807) is 0 Å². The molecule has 1 aliphatic heterocycles. The molecule has 0 aromatic carbocycles. The van der Waals surface area contributed by atoms with Crippen molar-refractivity contribution >= 4 is 0 Å². The summed E-state index contributed by atoms with van der Waals surface area (Å²) in [7, 11) is 0. The van der Waals surface area contributed by atoms with E-state index >= 15 is 0 Å². The van der Waals surface area contributed by atoms with Crippen molar-refractivity contribution in [3.05, 3.63) is 0 Å². The van der Waals surface area contributed by atoms with Crippen molar-refractivity contribution in [3.63, 3.8) is 0 Å². The molecule has 0 aromatic heterocycles. The van der Waals surface area contributed by atoms with Gasteiger partial charge in [0.15, 0.2) is 0 Å². The highest BCUT2D eigenvalue weighted by Gasteiger charge is 2.43. The lowest BCUT2D eigenvalue weighted by Crippen LogP contribution is -2.37. The predicted octanol–water partition coefficient (Wildman–Crippen LogP) is 2.56. The fourth-order valence-electron chi connectivity index (χ4n) is 3.43. The summed E-state index contributed by atoms with van der Waals surface area (Å²) in [5.74, 6) is 2.19. The molecular weight excluding hydrogens is 184 g/mol. The summed E-state index contributed by atoms with van der Waals surface area (Å²) in [4.78, 5) is 0. The highest BCUT2D eigenvalue weighted by molar-refractivity contribution is 5.05. The molecule has 0 spiro atoms. The van der Waals surface area contributed by atoms with Crippen LogP contribution in [0.15, 0.2) is 0 Å². The van der Waals surface area contributed by atoms with Crippen LogP contribution >= 0.6 is 0 Å². The summed E-state index contributed by atoms with van der Waals surface area (Å²) in [6.45, 7) is 6.67. The molecule has 84 valence electrons. The van der Waals surface area contributed by atoms with Gasteiger partial charge in [0.25, 0.3) is 0 Å². The summed E-state index contributed by atoms with van der Waals surface area (Å²) in [6.07, 6.45) is 4.95. The first-order valence-electron chi connectivity index (χ1n) is 6.27. The van der Waals surface area contributed by atoms with E-state index in [1.807, 2.05) is 0 Å². The van der Waals surface area contributed by atoms with Crippen molar-refractivity contribution in [2.45, 2.75) is 39.5 Å². The standard InChI is InChI=1S/C13H22N2/c1-10-3-4-11-8-15-6-5-13(2,9-14)12(11)7-10/h10-12,15H,3-8H2,1-2H3. The molecule has 2 rings (SSSR count). The van der Waals surface area contributed by atoms with E-state index in [0.29, 0.717) is 5.92 Å². The van der Waals surface area contributed by atoms with E-state index in [4.69, 9.17) is 0 Å². The Morgan fingerprint density at radius 2 is 2.20 bits per heavy atom. The summed E-state index contributed by atoms with van der Waals surface area (Å²) in [5, 5.41) is 12.9. The molecule has 15 heavy (non-hydrogen) atoms. The van der Waals surface area contributed by atoms with Gasteiger partial charge in [0.05, 0.1) is 11.5 Å². The van der Waals surface area contributed by atoms with E-state index in [0.717, 1.165) is 31.3 Å². The molecule has 2 heteroatoms. The first-order valence-corrected chi connectivity index (χ1v) is 6.27. The molecule has 2 nitrogen and oxygen atoms in total. The van der Waals surface area contributed by atoms with E-state index in [9.17, 15) is 5.26 Å². The molecule has 1 saturated heterocycles. The van der Waals surface area contributed by atoms with Gasteiger partial charge in [-0.05, 0) is 57.0 Å². The second kappa shape index (κ2) is 4.14. The van der Waals surface area contributed by atoms with Crippen LogP contribution in [-0.2, 0) is 0 Å². The van der Waals surface area contributed by atoms with Gasteiger partial charge in [-0.15, -0.1) is 0 Å². The fraction of sp³-hybridized carbons (Fsp3) is 0.923. The minimum absolute atomic E-state index is 0.0805. The third-order valence-corrected chi connectivity index (χ3v) is 4.56. The average molecular weight is 206 g/mol. The molecule has 1 N–H and O–H groups in total. The second-order valence-electron chi connectivity index (χ2n) is 5.77. The lowest BCUT2D eigenvalue weighted by Gasteiger charge is -2.40. The normalized spacial score (nSPS) is 46.3. The maximum Gasteiger partial charge on any atom is 0.0690 e. The smallest absolute Gasteiger partial charge is 0.0690 e. The van der Waals surface area contributed by atoms with Crippen LogP contribution in [0, 0.1) is 34.5 Å². The van der Waals surface area contributed by atoms with Crippen LogP contribution in [0.2, 0.25) is 0 Å². The molecule has 0 amide bonds. The summed E-state index contributed by atoms with van der Waals surface area (Å²) in [6, 6.07) is 2.60. The first-order chi connectivity index (χ1) is 7.15. The second-order valence-corrected chi connectivity index (χ2v) is 5.77. The molecule has 2 aliphatic rings. The highest BCUT2D eigenvalue weighted by atomic mass is 14.9. The molecule has 4 atom stereocenters. The zero-order chi connectivity index (χ0) is 10.9. The topological polar surface area (TPSA) is 35.8 Å². The van der Waals surface area contributed by atoms with Crippen LogP contribution in [0.5, 0.6) is 0 Å². The van der Waals surface area contributed by atoms with Crippen LogP contribution in [-0.4, -0.2) is 13.1 Å². The average Bonchev–Trinajstić information content (AvgIpc) is 2.40. The Kier molecular flexibility index (Phi) is 3.02. The van der Waals surface area contributed by atoms with Crippen LogP contribution in [0.1, 0.15) is 39.5 Å². The zero-order valence-corrected chi connectivity index (χ0v) is 9.92. The molecule has 1 saturated carbocycles. The van der Waals surface area contributed by atoms with Crippen LogP contribution in [0.3, 0.4) is 0 Å². The minimum atomic E-state index is -0.0805. The number of rotatable bonds is 0. The van der Waals surface area contributed by atoms with Gasteiger partial charge in [-0.25, -0.2) is 0 Å². The van der Waals surface area contributed by atoms with E-state index in [1.165, 1.54) is 19.3 Å². The number of hydrogen-bond acceptors (Lipinski definition) is 2. The largest absolute Gasteiger partial charge is 0.316 e. The van der Waals surface area contributed by atoms with E-state index < -0.39 is 0 Å². The highest BCUT2D eigenvalue weighted by Crippen LogP contribution is 2.46. The molecule has 4 unspecified atom stereocenters. The quantitative estimate of drug-likeness (QED) is 0.661. The van der Waals surface area contributed by atoms with Gasteiger partial charge < -0.3 is 5.32 Å². The lowest BCUT2D eigenvalue weighted by atomic mass is 9.62. The van der Waals surface area contributed by atoms with Gasteiger partial charge in [0.2, 0.25) is 0 Å². The van der Waals surface area contributed by atoms with E-state index in [2.05, 4.69) is 25.2 Å². The van der Waals surface area contributed by atoms with Crippen LogP contribution < -0.4 is 5.32 Å². The number of fused-ring (bicyclic) bond motifs is 1. The van der Waals surface area contributed by atoms with E-state index in [-0.39, 0.29) is 5.41 Å². The fourth-order valence-corrected chi connectivity index (χ4v) is 3.43. The SMILES string of the molecule is CC1CCC2CNCCC(C)(C#N)C2C1. The molecular formula is C13H22N2. The summed E-state index contributed by atoms with van der Waals surface area (Å²) < 4.78 is 0. The van der Waals surface area contributed by atoms with Gasteiger partial charge >= 0.3 is 0 Å². The third kappa shape index (κ3) is 2.03. The zero-order valence-electron chi connectivity index (χ0n) is 9.92. The Hall–Kier alpha value is -0.550. The van der Waals surface area contributed by atoms with Gasteiger partial charge in [-0.1, -0.05) is 13.3 Å². The van der Waals surface area contributed by atoms with Gasteiger partial charge in [0, 0.05) is 0 Å². The molecule has 1 heterocycles. The van der Waals surface area contributed by atoms with Crippen molar-refractivity contribution in [1.82, 2.24) is 5.32 Å². The van der Waals surface area contributed by atoms with Gasteiger partial charge in [0.1, 0.15) is 0 Å². The summed E-state index contributed by atoms with van der Waals surface area (Å²) >= 11 is 0. The molecule has 0 aromatic rings. The van der Waals surface area contributed by atoms with Crippen LogP contribution in [0.4, 0.5) is 0 Å². The van der Waals surface area contributed by atoms with Crippen molar-refractivity contribution in [1.29, 1.82) is 5.26 Å². The van der Waals surface area contributed by atoms with Gasteiger partial charge in [-0.3, -0.25) is 0 Å². The van der Waals surface area contributed by atoms with Crippen molar-refractivity contribution < 1.29 is 0 Å². The molecule has 2 fully saturated rings. The summed E-state index contributed by atoms with van der Waals surface area (Å²) in [5.41, 5.74) is -0.0805. The number of hydrogen-bond donors (Lipinski definition) is 1. The maximum atomic E-state index is 9.42. The Morgan fingerprint density at radius 3 is 2.93 bits per heavy atom. The monoisotopic (exact) mass is 206 g/mol. The molecule has 1 aliphatic carbocycles. The van der Waals surface area contributed by atoms with Crippen LogP contribution in [0.25, 0.3) is 0 Å². The van der Waals surface area contributed by atoms with Crippen molar-refractivity contribution in [2.24, 2.45) is 23.2 Å². The number of nitrogens with one attached hydrogen (secondary N) is 1. The molecule has 0 radical (unpaired) electrons. The van der Waals surface area contributed by atoms with Gasteiger partial charge in [-0.2, -0.15) is 5.26 Å². The first kappa shape index (κ1) is 11.0. The Labute approximate surface area is 93.0 Å².